The van der Waals surface area contributed by atoms with Crippen LogP contribution in [0.25, 0.3) is 0 Å². The Bertz CT molecular complexity index is 726. The maximum Gasteiger partial charge on any atom is 0.256 e. The highest BCUT2D eigenvalue weighted by atomic mass is 79.9. The van der Waals surface area contributed by atoms with E-state index in [1.54, 1.807) is 0 Å². The smallest absolute Gasteiger partial charge is 0.256 e. The Hall–Kier alpha value is -2.14. The van der Waals surface area contributed by atoms with Crippen LogP contribution in [0, 0.1) is 0 Å². The molecule has 1 aliphatic rings. The molecule has 2 aromatic rings. The Morgan fingerprint density at radius 3 is 2.35 bits per heavy atom. The zero-order chi connectivity index (χ0) is 16.4. The average molecular weight is 373 g/mol. The van der Waals surface area contributed by atoms with Crippen molar-refractivity contribution in [2.24, 2.45) is 0 Å². The predicted octanol–water partition coefficient (Wildman–Crippen LogP) is 3.76. The Balaban J connectivity index is 1.77. The summed E-state index contributed by atoms with van der Waals surface area (Å²) in [4.78, 5) is 26.1. The fourth-order valence-electron chi connectivity index (χ4n) is 2.64. The maximum atomic E-state index is 12.6. The number of hydrogen-bond donors (Lipinski definition) is 1. The van der Waals surface area contributed by atoms with Gasteiger partial charge in [-0.3, -0.25) is 9.59 Å². The maximum absolute atomic E-state index is 12.6. The molecule has 0 unspecified atom stereocenters. The fourth-order valence-corrected chi connectivity index (χ4v) is 2.91. The zero-order valence-corrected chi connectivity index (χ0v) is 14.3. The summed E-state index contributed by atoms with van der Waals surface area (Å²) in [6, 6.07) is 14.6. The average Bonchev–Trinajstić information content (AvgIpc) is 2.84. The van der Waals surface area contributed by atoms with Crippen LogP contribution in [0.5, 0.6) is 0 Å². The molecule has 1 atom stereocenters. The van der Waals surface area contributed by atoms with E-state index in [2.05, 4.69) is 28.2 Å². The minimum Gasteiger partial charge on any atom is -0.373 e. The number of anilines is 2. The van der Waals surface area contributed by atoms with Gasteiger partial charge in [-0.2, -0.15) is 0 Å². The normalized spacial score (nSPS) is 17.7. The molecule has 0 spiro atoms. The van der Waals surface area contributed by atoms with Crippen molar-refractivity contribution >= 4 is 39.1 Å². The van der Waals surface area contributed by atoms with Gasteiger partial charge in [-0.25, -0.2) is 4.90 Å². The van der Waals surface area contributed by atoms with Crippen LogP contribution >= 0.6 is 15.9 Å². The van der Waals surface area contributed by atoms with Gasteiger partial charge in [-0.15, -0.1) is 0 Å². The summed E-state index contributed by atoms with van der Waals surface area (Å²) in [5.74, 6) is -0.379. The molecule has 1 heterocycles. The summed E-state index contributed by atoms with van der Waals surface area (Å²) < 4.78 is 0.967. The third-order valence-corrected chi connectivity index (χ3v) is 4.46. The first-order valence-corrected chi connectivity index (χ1v) is 8.35. The number of imide groups is 1. The van der Waals surface area contributed by atoms with Crippen molar-refractivity contribution in [1.29, 1.82) is 0 Å². The fraction of sp³-hybridized carbons (Fsp3) is 0.222. The Morgan fingerprint density at radius 2 is 1.74 bits per heavy atom. The van der Waals surface area contributed by atoms with Gasteiger partial charge < -0.3 is 5.32 Å². The highest BCUT2D eigenvalue weighted by Gasteiger charge is 2.39. The van der Waals surface area contributed by atoms with E-state index >= 15 is 0 Å². The van der Waals surface area contributed by atoms with E-state index in [0.717, 1.165) is 16.6 Å². The van der Waals surface area contributed by atoms with Crippen molar-refractivity contribution in [1.82, 2.24) is 0 Å². The molecule has 5 heteroatoms. The third-order valence-electron chi connectivity index (χ3n) is 3.93. The third kappa shape index (κ3) is 3.29. The Kier molecular flexibility index (Phi) is 4.48. The second kappa shape index (κ2) is 6.54. The highest BCUT2D eigenvalue weighted by Crippen LogP contribution is 2.25. The summed E-state index contributed by atoms with van der Waals surface area (Å²) in [6.07, 6.45) is 1.10. The second-order valence-electron chi connectivity index (χ2n) is 5.50. The molecule has 2 aromatic carbocycles. The number of nitrogens with one attached hydrogen (secondary N) is 1. The van der Waals surface area contributed by atoms with Crippen LogP contribution in [0.2, 0.25) is 0 Å². The largest absolute Gasteiger partial charge is 0.373 e. The molecule has 118 valence electrons. The number of carbonyl (C=O) groups is 2. The van der Waals surface area contributed by atoms with E-state index < -0.39 is 6.04 Å². The molecule has 0 aromatic heterocycles. The van der Waals surface area contributed by atoms with E-state index in [1.165, 1.54) is 10.5 Å². The van der Waals surface area contributed by atoms with Crippen molar-refractivity contribution in [3.05, 3.63) is 58.6 Å². The number of halogens is 1. The predicted molar refractivity (Wildman–Crippen MR) is 94.5 cm³/mol. The minimum absolute atomic E-state index is 0.171. The second-order valence-corrected chi connectivity index (χ2v) is 6.41. The van der Waals surface area contributed by atoms with Gasteiger partial charge in [0.15, 0.2) is 0 Å². The van der Waals surface area contributed by atoms with E-state index in [4.69, 9.17) is 0 Å². The lowest BCUT2D eigenvalue weighted by molar-refractivity contribution is -0.121. The molecule has 0 radical (unpaired) electrons. The first kappa shape index (κ1) is 15.7. The van der Waals surface area contributed by atoms with Crippen LogP contribution in [0.4, 0.5) is 11.4 Å². The number of hydrogen-bond acceptors (Lipinski definition) is 3. The molecule has 1 fully saturated rings. The van der Waals surface area contributed by atoms with Crippen molar-refractivity contribution in [2.45, 2.75) is 25.8 Å². The Labute approximate surface area is 143 Å². The van der Waals surface area contributed by atoms with Crippen LogP contribution < -0.4 is 10.2 Å². The summed E-state index contributed by atoms with van der Waals surface area (Å²) in [5, 5.41) is 3.14. The summed E-state index contributed by atoms with van der Waals surface area (Å²) in [7, 11) is 0. The first-order chi connectivity index (χ1) is 11.1. The summed E-state index contributed by atoms with van der Waals surface area (Å²) in [5.41, 5.74) is 2.64. The molecule has 2 amide bonds. The van der Waals surface area contributed by atoms with Gasteiger partial charge in [0.1, 0.15) is 6.04 Å². The van der Waals surface area contributed by atoms with Crippen LogP contribution in [0.15, 0.2) is 53.0 Å². The SMILES string of the molecule is CCc1ccc(N2C(=O)C[C@@H](Nc3ccc(Br)cc3)C2=O)cc1. The zero-order valence-electron chi connectivity index (χ0n) is 12.8. The lowest BCUT2D eigenvalue weighted by Crippen LogP contribution is -2.34. The van der Waals surface area contributed by atoms with E-state index in [1.807, 2.05) is 48.5 Å². The number of amides is 2. The molecular weight excluding hydrogens is 356 g/mol. The first-order valence-electron chi connectivity index (χ1n) is 7.56. The molecule has 4 nitrogen and oxygen atoms in total. The molecule has 0 saturated carbocycles. The highest BCUT2D eigenvalue weighted by molar-refractivity contribution is 9.10. The molecular formula is C18H17BrN2O2. The van der Waals surface area contributed by atoms with Gasteiger partial charge in [0.2, 0.25) is 5.91 Å². The number of nitrogens with zero attached hydrogens (tertiary/aromatic N) is 1. The minimum atomic E-state index is -0.519. The quantitative estimate of drug-likeness (QED) is 0.831. The lowest BCUT2D eigenvalue weighted by atomic mass is 10.1. The number of benzene rings is 2. The van der Waals surface area contributed by atoms with Crippen LogP contribution in [-0.2, 0) is 16.0 Å². The molecule has 3 rings (SSSR count). The molecule has 0 aliphatic carbocycles. The molecule has 23 heavy (non-hydrogen) atoms. The van der Waals surface area contributed by atoms with E-state index in [-0.39, 0.29) is 18.2 Å². The molecule has 1 N–H and O–H groups in total. The summed E-state index contributed by atoms with van der Waals surface area (Å²) >= 11 is 3.37. The topological polar surface area (TPSA) is 49.4 Å². The van der Waals surface area contributed by atoms with E-state index in [9.17, 15) is 9.59 Å². The van der Waals surface area contributed by atoms with Crippen LogP contribution in [0.1, 0.15) is 18.9 Å². The molecule has 1 saturated heterocycles. The Morgan fingerprint density at radius 1 is 1.09 bits per heavy atom. The number of aryl methyl sites for hydroxylation is 1. The van der Waals surface area contributed by atoms with Gasteiger partial charge >= 0.3 is 0 Å². The van der Waals surface area contributed by atoms with Gasteiger partial charge in [0.25, 0.3) is 5.91 Å². The standard InChI is InChI=1S/C18H17BrN2O2/c1-2-12-3-9-15(10-4-12)21-17(22)11-16(18(21)23)20-14-7-5-13(19)6-8-14/h3-10,16,20H,2,11H2,1H3/t16-/m1/s1. The van der Waals surface area contributed by atoms with E-state index in [0.29, 0.717) is 5.69 Å². The van der Waals surface area contributed by atoms with Crippen LogP contribution in [-0.4, -0.2) is 17.9 Å². The molecule has 1 aliphatic heterocycles. The monoisotopic (exact) mass is 372 g/mol. The number of rotatable bonds is 4. The van der Waals surface area contributed by atoms with Crippen LogP contribution in [0.3, 0.4) is 0 Å². The summed E-state index contributed by atoms with van der Waals surface area (Å²) in [6.45, 7) is 2.07. The van der Waals surface area contributed by atoms with Crippen molar-refractivity contribution in [2.75, 3.05) is 10.2 Å². The number of carbonyl (C=O) groups excluding carboxylic acids is 2. The van der Waals surface area contributed by atoms with Gasteiger partial charge in [-0.1, -0.05) is 35.0 Å². The van der Waals surface area contributed by atoms with Crippen molar-refractivity contribution < 1.29 is 9.59 Å². The van der Waals surface area contributed by atoms with Gasteiger partial charge in [-0.05, 0) is 48.4 Å². The van der Waals surface area contributed by atoms with Crippen molar-refractivity contribution in [3.63, 3.8) is 0 Å². The van der Waals surface area contributed by atoms with Crippen molar-refractivity contribution in [3.8, 4) is 0 Å². The molecule has 0 bridgehead atoms. The van der Waals surface area contributed by atoms with Gasteiger partial charge in [0, 0.05) is 10.2 Å². The van der Waals surface area contributed by atoms with Gasteiger partial charge in [0.05, 0.1) is 12.1 Å². The lowest BCUT2D eigenvalue weighted by Gasteiger charge is -2.16.